The lowest BCUT2D eigenvalue weighted by Crippen LogP contribution is -1.94. The Kier molecular flexibility index (Phi) is 3.03. The molecule has 0 aliphatic carbocycles. The van der Waals surface area contributed by atoms with E-state index in [-0.39, 0.29) is 0 Å². The van der Waals surface area contributed by atoms with Crippen molar-refractivity contribution in [3.8, 4) is 16.9 Å². The fourth-order valence-corrected chi connectivity index (χ4v) is 2.40. The Morgan fingerprint density at radius 1 is 1.25 bits per heavy atom. The average Bonchev–Trinajstić information content (AvgIpc) is 2.92. The molecule has 0 unspecified atom stereocenters. The largest absolute Gasteiger partial charge is 0.466 e. The number of nitrogens with zero attached hydrogens (tertiary/aromatic N) is 2. The molecule has 3 rings (SSSR count). The molecule has 3 aromatic rings. The maximum Gasteiger partial charge on any atom is 0.119 e. The Bertz CT molecular complexity index is 773. The smallest absolute Gasteiger partial charge is 0.119 e. The van der Waals surface area contributed by atoms with Crippen LogP contribution in [0.3, 0.4) is 0 Å². The van der Waals surface area contributed by atoms with Crippen LogP contribution in [0.5, 0.6) is 0 Å². The number of hydrogen-bond donors (Lipinski definition) is 1. The molecular weight excluding hydrogens is 274 g/mol. The maximum absolute atomic E-state index is 6.07. The lowest BCUT2D eigenvalue weighted by Gasteiger charge is -2.00. The van der Waals surface area contributed by atoms with Crippen molar-refractivity contribution in [3.63, 3.8) is 0 Å². The van der Waals surface area contributed by atoms with Crippen molar-refractivity contribution >= 4 is 17.3 Å². The van der Waals surface area contributed by atoms with Crippen molar-refractivity contribution < 1.29 is 4.42 Å². The molecule has 2 aromatic heterocycles. The Morgan fingerprint density at radius 3 is 2.70 bits per heavy atom. The van der Waals surface area contributed by atoms with Gasteiger partial charge < -0.3 is 10.2 Å². The van der Waals surface area contributed by atoms with Gasteiger partial charge in [-0.15, -0.1) is 0 Å². The standard InChI is InChI=1S/C15H14ClN3O/c1-9-6-13(10(2)20-9)15-14(17)8-19(18-15)12-5-3-4-11(16)7-12/h3-8H,17H2,1-2H3. The van der Waals surface area contributed by atoms with Crippen LogP contribution < -0.4 is 5.73 Å². The first-order valence-electron chi connectivity index (χ1n) is 6.23. The Balaban J connectivity index is 2.10. The minimum Gasteiger partial charge on any atom is -0.466 e. The monoisotopic (exact) mass is 287 g/mol. The SMILES string of the molecule is Cc1cc(-c2nn(-c3cccc(Cl)c3)cc2N)c(C)o1. The summed E-state index contributed by atoms with van der Waals surface area (Å²) in [7, 11) is 0. The third-order valence-electron chi connectivity index (χ3n) is 3.11. The zero-order valence-electron chi connectivity index (χ0n) is 11.2. The van der Waals surface area contributed by atoms with E-state index in [1.54, 1.807) is 10.9 Å². The van der Waals surface area contributed by atoms with Gasteiger partial charge in [-0.05, 0) is 38.1 Å². The molecule has 102 valence electrons. The van der Waals surface area contributed by atoms with E-state index in [1.807, 2.05) is 44.2 Å². The summed E-state index contributed by atoms with van der Waals surface area (Å²) < 4.78 is 7.25. The lowest BCUT2D eigenvalue weighted by atomic mass is 10.1. The van der Waals surface area contributed by atoms with Gasteiger partial charge in [-0.2, -0.15) is 5.10 Å². The molecule has 0 spiro atoms. The number of nitrogen functional groups attached to an aromatic ring is 1. The number of rotatable bonds is 2. The summed E-state index contributed by atoms with van der Waals surface area (Å²) in [6.07, 6.45) is 1.78. The highest BCUT2D eigenvalue weighted by Crippen LogP contribution is 2.30. The second-order valence-corrected chi connectivity index (χ2v) is 5.12. The fourth-order valence-electron chi connectivity index (χ4n) is 2.21. The van der Waals surface area contributed by atoms with Gasteiger partial charge in [0.25, 0.3) is 0 Å². The van der Waals surface area contributed by atoms with Gasteiger partial charge in [0.1, 0.15) is 17.2 Å². The highest BCUT2D eigenvalue weighted by atomic mass is 35.5. The molecule has 0 aliphatic heterocycles. The number of nitrogens with two attached hydrogens (primary N) is 1. The number of aromatic nitrogens is 2. The first kappa shape index (κ1) is 12.8. The molecule has 0 amide bonds. The third kappa shape index (κ3) is 2.18. The van der Waals surface area contributed by atoms with E-state index in [9.17, 15) is 0 Å². The van der Waals surface area contributed by atoms with E-state index in [2.05, 4.69) is 5.10 Å². The van der Waals surface area contributed by atoms with Crippen molar-refractivity contribution in [1.29, 1.82) is 0 Å². The highest BCUT2D eigenvalue weighted by Gasteiger charge is 2.15. The number of furan rings is 1. The summed E-state index contributed by atoms with van der Waals surface area (Å²) in [5.74, 6) is 1.65. The van der Waals surface area contributed by atoms with Crippen LogP contribution in [0.15, 0.2) is 40.9 Å². The molecule has 0 bridgehead atoms. The zero-order valence-corrected chi connectivity index (χ0v) is 12.0. The van der Waals surface area contributed by atoms with Crippen LogP contribution in [-0.2, 0) is 0 Å². The van der Waals surface area contributed by atoms with E-state index >= 15 is 0 Å². The number of hydrogen-bond acceptors (Lipinski definition) is 3. The normalized spacial score (nSPS) is 10.9. The Hall–Kier alpha value is -2.20. The topological polar surface area (TPSA) is 57.0 Å². The molecule has 2 heterocycles. The van der Waals surface area contributed by atoms with Gasteiger partial charge in [0, 0.05) is 10.6 Å². The molecule has 0 fully saturated rings. The molecule has 0 saturated carbocycles. The van der Waals surface area contributed by atoms with Crippen molar-refractivity contribution in [1.82, 2.24) is 9.78 Å². The summed E-state index contributed by atoms with van der Waals surface area (Å²) in [5.41, 5.74) is 9.18. The first-order valence-corrected chi connectivity index (χ1v) is 6.61. The van der Waals surface area contributed by atoms with Crippen molar-refractivity contribution in [2.75, 3.05) is 5.73 Å². The second kappa shape index (κ2) is 4.72. The fraction of sp³-hybridized carbons (Fsp3) is 0.133. The van der Waals surface area contributed by atoms with Crippen LogP contribution >= 0.6 is 11.6 Å². The highest BCUT2D eigenvalue weighted by molar-refractivity contribution is 6.30. The molecule has 4 nitrogen and oxygen atoms in total. The molecule has 0 saturated heterocycles. The summed E-state index contributed by atoms with van der Waals surface area (Å²) in [5, 5.41) is 5.20. The van der Waals surface area contributed by atoms with E-state index in [1.165, 1.54) is 0 Å². The van der Waals surface area contributed by atoms with Gasteiger partial charge in [-0.3, -0.25) is 0 Å². The van der Waals surface area contributed by atoms with Gasteiger partial charge in [0.2, 0.25) is 0 Å². The predicted octanol–water partition coefficient (Wildman–Crippen LogP) is 3.98. The van der Waals surface area contributed by atoms with Crippen molar-refractivity contribution in [2.45, 2.75) is 13.8 Å². The summed E-state index contributed by atoms with van der Waals surface area (Å²) >= 11 is 6.00. The first-order chi connectivity index (χ1) is 9.54. The van der Waals surface area contributed by atoms with Gasteiger partial charge in [-0.1, -0.05) is 17.7 Å². The number of anilines is 1. The van der Waals surface area contributed by atoms with Gasteiger partial charge in [-0.25, -0.2) is 4.68 Å². The molecule has 1 aromatic carbocycles. The van der Waals surface area contributed by atoms with Crippen LogP contribution in [0.4, 0.5) is 5.69 Å². The number of benzene rings is 1. The molecule has 20 heavy (non-hydrogen) atoms. The van der Waals surface area contributed by atoms with Crippen LogP contribution in [0.1, 0.15) is 11.5 Å². The average molecular weight is 288 g/mol. The van der Waals surface area contributed by atoms with Crippen LogP contribution in [0, 0.1) is 13.8 Å². The minimum atomic E-state index is 0.605. The van der Waals surface area contributed by atoms with E-state index in [0.29, 0.717) is 10.7 Å². The van der Waals surface area contributed by atoms with Crippen LogP contribution in [0.25, 0.3) is 16.9 Å². The van der Waals surface area contributed by atoms with Crippen molar-refractivity contribution in [3.05, 3.63) is 53.1 Å². The molecule has 0 atom stereocenters. The molecule has 5 heteroatoms. The predicted molar refractivity (Wildman–Crippen MR) is 80.2 cm³/mol. The third-order valence-corrected chi connectivity index (χ3v) is 3.35. The summed E-state index contributed by atoms with van der Waals surface area (Å²) in [4.78, 5) is 0. The second-order valence-electron chi connectivity index (χ2n) is 4.68. The van der Waals surface area contributed by atoms with Gasteiger partial charge in [0.15, 0.2) is 0 Å². The molecule has 0 aliphatic rings. The van der Waals surface area contributed by atoms with E-state index < -0.39 is 0 Å². The Labute approximate surface area is 121 Å². The molecule has 2 N–H and O–H groups in total. The van der Waals surface area contributed by atoms with E-state index in [4.69, 9.17) is 21.8 Å². The van der Waals surface area contributed by atoms with Gasteiger partial charge >= 0.3 is 0 Å². The van der Waals surface area contributed by atoms with E-state index in [0.717, 1.165) is 28.5 Å². The molecular formula is C15H14ClN3O. The minimum absolute atomic E-state index is 0.605. The lowest BCUT2D eigenvalue weighted by molar-refractivity contribution is 0.505. The Morgan fingerprint density at radius 2 is 2.05 bits per heavy atom. The number of aryl methyl sites for hydroxylation is 2. The van der Waals surface area contributed by atoms with Gasteiger partial charge in [0.05, 0.1) is 17.6 Å². The maximum atomic E-state index is 6.07. The summed E-state index contributed by atoms with van der Waals surface area (Å²) in [6, 6.07) is 9.40. The number of halogens is 1. The van der Waals surface area contributed by atoms with Crippen LogP contribution in [0.2, 0.25) is 5.02 Å². The van der Waals surface area contributed by atoms with Crippen molar-refractivity contribution in [2.24, 2.45) is 0 Å². The van der Waals surface area contributed by atoms with Crippen LogP contribution in [-0.4, -0.2) is 9.78 Å². The zero-order chi connectivity index (χ0) is 14.3. The molecule has 0 radical (unpaired) electrons. The summed E-state index contributed by atoms with van der Waals surface area (Å²) in [6.45, 7) is 3.81. The quantitative estimate of drug-likeness (QED) is 0.775.